The van der Waals surface area contributed by atoms with Crippen LogP contribution in [0.3, 0.4) is 0 Å². The van der Waals surface area contributed by atoms with E-state index in [2.05, 4.69) is 21.2 Å². The summed E-state index contributed by atoms with van der Waals surface area (Å²) in [6.45, 7) is 0. The monoisotopic (exact) mass is 655 g/mol. The number of aromatic hydroxyl groups is 1. The van der Waals surface area contributed by atoms with Crippen LogP contribution < -0.4 is 15.8 Å². The van der Waals surface area contributed by atoms with Crippen LogP contribution >= 0.6 is 15.9 Å². The summed E-state index contributed by atoms with van der Waals surface area (Å²) in [5.41, 5.74) is 2.39. The van der Waals surface area contributed by atoms with Gasteiger partial charge in [0.25, 0.3) is 5.91 Å². The number of amides is 2. The highest BCUT2D eigenvalue weighted by atomic mass is 79.9. The number of rotatable bonds is 6. The lowest BCUT2D eigenvalue weighted by Crippen LogP contribution is -2.65. The number of ether oxygens (including phenoxy) is 1. The SMILES string of the molecule is COc1ccc(C(Br)C(=O)Nc2ccc3c(c2O)C(O)=C2C(=O)[C@]4(O)C(O)=C(C(N)=O)C(=O)[C@@H](N(C)C)C4CC2C3)cc1. The Kier molecular flexibility index (Phi) is 7.61. The zero-order valence-electron chi connectivity index (χ0n) is 23.4. The number of carbonyl (C=O) groups is 4. The van der Waals surface area contributed by atoms with Gasteiger partial charge in [0.1, 0.15) is 33.4 Å². The largest absolute Gasteiger partial charge is 0.508 e. The number of carbonyl (C=O) groups excluding carboxylic acids is 4. The fraction of sp³-hybridized carbons (Fsp3) is 0.333. The number of hydrogen-bond acceptors (Lipinski definition) is 10. The second-order valence-electron chi connectivity index (χ2n) is 11.1. The smallest absolute Gasteiger partial charge is 0.255 e. The third kappa shape index (κ3) is 4.58. The van der Waals surface area contributed by atoms with E-state index in [4.69, 9.17) is 10.5 Å². The number of hydrogen-bond donors (Lipinski definition) is 6. The summed E-state index contributed by atoms with van der Waals surface area (Å²) in [6.07, 6.45) is 0.126. The second kappa shape index (κ2) is 10.8. The van der Waals surface area contributed by atoms with Crippen LogP contribution in [0.2, 0.25) is 0 Å². The van der Waals surface area contributed by atoms with Gasteiger partial charge >= 0.3 is 0 Å². The van der Waals surface area contributed by atoms with Gasteiger partial charge in [-0.1, -0.05) is 34.1 Å². The molecule has 5 rings (SSSR count). The van der Waals surface area contributed by atoms with Crippen LogP contribution in [0.5, 0.6) is 11.5 Å². The number of ketones is 2. The molecule has 13 heteroatoms. The first-order valence-corrected chi connectivity index (χ1v) is 14.2. The van der Waals surface area contributed by atoms with Gasteiger partial charge in [0, 0.05) is 11.5 Å². The van der Waals surface area contributed by atoms with Gasteiger partial charge in [0.2, 0.25) is 11.7 Å². The molecule has 0 spiro atoms. The first-order valence-electron chi connectivity index (χ1n) is 13.3. The Hall–Kier alpha value is -4.20. The van der Waals surface area contributed by atoms with Crippen LogP contribution in [0.15, 0.2) is 53.3 Å². The number of benzene rings is 2. The number of aliphatic hydroxyl groups excluding tert-OH is 2. The van der Waals surface area contributed by atoms with E-state index in [1.165, 1.54) is 32.2 Å². The minimum absolute atomic E-state index is 0.0157. The van der Waals surface area contributed by atoms with Gasteiger partial charge < -0.3 is 36.2 Å². The predicted octanol–water partition coefficient (Wildman–Crippen LogP) is 2.05. The summed E-state index contributed by atoms with van der Waals surface area (Å²) < 4.78 is 5.14. The Bertz CT molecular complexity index is 1630. The number of anilines is 1. The number of fused-ring (bicyclic) bond motifs is 3. The van der Waals surface area contributed by atoms with E-state index in [1.54, 1.807) is 30.3 Å². The first-order chi connectivity index (χ1) is 20.2. The molecular weight excluding hydrogens is 626 g/mol. The summed E-state index contributed by atoms with van der Waals surface area (Å²) in [5.74, 6) is -7.30. The molecule has 12 nitrogen and oxygen atoms in total. The third-order valence-corrected chi connectivity index (χ3v) is 9.43. The highest BCUT2D eigenvalue weighted by Crippen LogP contribution is 2.53. The van der Waals surface area contributed by atoms with Crippen molar-refractivity contribution in [1.82, 2.24) is 4.90 Å². The number of Topliss-reactive ketones (excluding diaryl/α,β-unsaturated/α-hetero) is 2. The molecule has 0 aromatic heterocycles. The number of primary amides is 1. The molecule has 43 heavy (non-hydrogen) atoms. The van der Waals surface area contributed by atoms with Crippen molar-refractivity contribution in [1.29, 1.82) is 0 Å². The number of aliphatic hydroxyl groups is 3. The van der Waals surface area contributed by atoms with E-state index in [9.17, 15) is 39.6 Å². The Balaban J connectivity index is 1.54. The molecule has 0 saturated heterocycles. The van der Waals surface area contributed by atoms with Crippen molar-refractivity contribution in [2.75, 3.05) is 26.5 Å². The molecule has 1 fully saturated rings. The maximum absolute atomic E-state index is 13.9. The van der Waals surface area contributed by atoms with Gasteiger partial charge in [-0.15, -0.1) is 0 Å². The van der Waals surface area contributed by atoms with E-state index in [0.717, 1.165) is 0 Å². The molecule has 0 bridgehead atoms. The number of nitrogens with two attached hydrogens (primary N) is 1. The number of halogens is 1. The van der Waals surface area contributed by atoms with Crippen molar-refractivity contribution < 1.29 is 44.3 Å². The van der Waals surface area contributed by atoms with Crippen LogP contribution in [0, 0.1) is 11.8 Å². The van der Waals surface area contributed by atoms with Gasteiger partial charge in [-0.05, 0) is 62.2 Å². The lowest BCUT2D eigenvalue weighted by atomic mass is 9.57. The summed E-state index contributed by atoms with van der Waals surface area (Å²) in [4.78, 5) is 52.9. The molecule has 0 radical (unpaired) electrons. The quantitative estimate of drug-likeness (QED) is 0.152. The molecule has 1 saturated carbocycles. The molecule has 3 unspecified atom stereocenters. The van der Waals surface area contributed by atoms with Crippen molar-refractivity contribution in [3.05, 3.63) is 70.0 Å². The van der Waals surface area contributed by atoms with Crippen molar-refractivity contribution in [3.63, 3.8) is 0 Å². The van der Waals surface area contributed by atoms with E-state index in [0.29, 0.717) is 16.9 Å². The molecular formula is C30H30BrN3O9. The minimum atomic E-state index is -2.73. The molecule has 3 aliphatic rings. The Morgan fingerprint density at radius 1 is 1.12 bits per heavy atom. The fourth-order valence-electron chi connectivity index (χ4n) is 6.44. The molecule has 2 amide bonds. The lowest BCUT2D eigenvalue weighted by Gasteiger charge is -2.50. The Morgan fingerprint density at radius 3 is 2.35 bits per heavy atom. The molecule has 226 valence electrons. The highest BCUT2D eigenvalue weighted by Gasteiger charge is 2.64. The fourth-order valence-corrected chi connectivity index (χ4v) is 6.86. The maximum atomic E-state index is 13.9. The van der Waals surface area contributed by atoms with Crippen LogP contribution in [-0.2, 0) is 25.6 Å². The number of nitrogens with one attached hydrogen (secondary N) is 1. The summed E-state index contributed by atoms with van der Waals surface area (Å²) in [6, 6.07) is 8.68. The second-order valence-corrected chi connectivity index (χ2v) is 12.0. The normalized spacial score (nSPS) is 25.6. The molecule has 2 aromatic carbocycles. The van der Waals surface area contributed by atoms with Gasteiger partial charge in [-0.25, -0.2) is 0 Å². The average molecular weight is 656 g/mol. The molecule has 5 atom stereocenters. The van der Waals surface area contributed by atoms with Crippen LogP contribution in [0.25, 0.3) is 5.76 Å². The topological polar surface area (TPSA) is 200 Å². The van der Waals surface area contributed by atoms with Crippen molar-refractivity contribution in [3.8, 4) is 11.5 Å². The maximum Gasteiger partial charge on any atom is 0.255 e. The van der Waals surface area contributed by atoms with Crippen molar-refractivity contribution in [2.45, 2.75) is 29.3 Å². The van der Waals surface area contributed by atoms with E-state index < -0.39 is 74.5 Å². The van der Waals surface area contributed by atoms with E-state index in [-0.39, 0.29) is 29.7 Å². The number of likely N-dealkylation sites (N-methyl/N-ethyl adjacent to an activating group) is 1. The number of phenols is 1. The van der Waals surface area contributed by atoms with E-state index >= 15 is 0 Å². The number of methoxy groups -OCH3 is 1. The molecule has 2 aromatic rings. The average Bonchev–Trinajstić information content (AvgIpc) is 2.95. The standard InChI is InChI=1S/C30H30BrN3O9/c1-34(2)22-16-11-14-10-13-6-9-17(33-29(41)21(31)12-4-7-15(43-3)8-5-12)23(35)18(13)24(36)19(14)26(38)30(16,42)27(39)20(25(22)37)28(32)40/h4-9,14,16,21-22,35-36,39,42H,10-11H2,1-3H3,(H2,32,40)(H,33,41)/t14?,16?,21?,22-,30-/m0/s1. The first kappa shape index (κ1) is 30.3. The summed E-state index contributed by atoms with van der Waals surface area (Å²) in [7, 11) is 4.59. The van der Waals surface area contributed by atoms with Crippen molar-refractivity contribution in [2.24, 2.45) is 17.6 Å². The Labute approximate surface area is 254 Å². The molecule has 3 aliphatic carbocycles. The highest BCUT2D eigenvalue weighted by molar-refractivity contribution is 9.09. The lowest BCUT2D eigenvalue weighted by molar-refractivity contribution is -0.153. The minimum Gasteiger partial charge on any atom is -0.508 e. The number of alkyl halides is 1. The summed E-state index contributed by atoms with van der Waals surface area (Å²) >= 11 is 3.34. The molecule has 0 heterocycles. The van der Waals surface area contributed by atoms with Gasteiger partial charge in [0.05, 0.1) is 24.4 Å². The van der Waals surface area contributed by atoms with Gasteiger partial charge in [-0.3, -0.25) is 24.1 Å². The van der Waals surface area contributed by atoms with Crippen LogP contribution in [0.4, 0.5) is 5.69 Å². The zero-order chi connectivity index (χ0) is 31.5. The summed E-state index contributed by atoms with van der Waals surface area (Å²) in [5, 5.41) is 47.8. The molecule has 7 N–H and O–H groups in total. The third-order valence-electron chi connectivity index (χ3n) is 8.49. The number of nitrogens with zero attached hydrogens (tertiary/aromatic N) is 1. The number of phenolic OH excluding ortho intramolecular Hbond substituents is 1. The van der Waals surface area contributed by atoms with Gasteiger partial charge in [-0.2, -0.15) is 0 Å². The zero-order valence-corrected chi connectivity index (χ0v) is 25.0. The van der Waals surface area contributed by atoms with E-state index in [1.807, 2.05) is 0 Å². The van der Waals surface area contributed by atoms with Gasteiger partial charge in [0.15, 0.2) is 11.4 Å². The Morgan fingerprint density at radius 2 is 1.77 bits per heavy atom. The molecule has 0 aliphatic heterocycles. The van der Waals surface area contributed by atoms with Crippen molar-refractivity contribution >= 4 is 50.8 Å². The van der Waals surface area contributed by atoms with Crippen LogP contribution in [0.1, 0.15) is 27.9 Å². The predicted molar refractivity (Wildman–Crippen MR) is 158 cm³/mol. The van der Waals surface area contributed by atoms with Crippen LogP contribution in [-0.4, -0.2) is 81.6 Å².